The second-order valence-corrected chi connectivity index (χ2v) is 5.11. The standard InChI is InChI=1S/C17H20N4/c1-4-21(11-14-5-7-15(19)8-6-14)17-9-12(2)20-13(3)16(17)10-18/h5-9H,4,11,19H2,1-3H3. The molecule has 0 fully saturated rings. The predicted molar refractivity (Wildman–Crippen MR) is 86.0 cm³/mol. The molecule has 1 heterocycles. The van der Waals surface area contributed by atoms with E-state index in [9.17, 15) is 5.26 Å². The van der Waals surface area contributed by atoms with Gasteiger partial charge in [-0.15, -0.1) is 0 Å². The lowest BCUT2D eigenvalue weighted by Crippen LogP contribution is -2.23. The van der Waals surface area contributed by atoms with E-state index < -0.39 is 0 Å². The minimum Gasteiger partial charge on any atom is -0.399 e. The molecule has 2 rings (SSSR count). The SMILES string of the molecule is CCN(Cc1ccc(N)cc1)c1cc(C)nc(C)c1C#N. The van der Waals surface area contributed by atoms with Crippen LogP contribution >= 0.6 is 0 Å². The molecule has 0 bridgehead atoms. The van der Waals surface area contributed by atoms with Gasteiger partial charge in [0.2, 0.25) is 0 Å². The van der Waals surface area contributed by atoms with E-state index >= 15 is 0 Å². The Morgan fingerprint density at radius 2 is 1.90 bits per heavy atom. The Labute approximate surface area is 125 Å². The van der Waals surface area contributed by atoms with Gasteiger partial charge in [0.05, 0.1) is 16.9 Å². The second kappa shape index (κ2) is 6.27. The second-order valence-electron chi connectivity index (χ2n) is 5.11. The van der Waals surface area contributed by atoms with E-state index in [1.165, 1.54) is 5.56 Å². The van der Waals surface area contributed by atoms with Crippen molar-refractivity contribution in [1.82, 2.24) is 4.98 Å². The summed E-state index contributed by atoms with van der Waals surface area (Å²) in [5.74, 6) is 0. The Bertz CT molecular complexity index is 668. The van der Waals surface area contributed by atoms with Crippen LogP contribution in [0.15, 0.2) is 30.3 Å². The fourth-order valence-electron chi connectivity index (χ4n) is 2.41. The molecule has 4 nitrogen and oxygen atoms in total. The summed E-state index contributed by atoms with van der Waals surface area (Å²) in [6.07, 6.45) is 0. The topological polar surface area (TPSA) is 65.9 Å². The van der Waals surface area contributed by atoms with Crippen molar-refractivity contribution in [2.45, 2.75) is 27.3 Å². The Morgan fingerprint density at radius 1 is 1.24 bits per heavy atom. The van der Waals surface area contributed by atoms with E-state index in [0.29, 0.717) is 5.56 Å². The molecule has 0 saturated heterocycles. The minimum absolute atomic E-state index is 0.651. The normalized spacial score (nSPS) is 10.2. The smallest absolute Gasteiger partial charge is 0.103 e. The maximum absolute atomic E-state index is 9.40. The predicted octanol–water partition coefficient (Wildman–Crippen LogP) is 3.18. The average Bonchev–Trinajstić information content (AvgIpc) is 2.46. The van der Waals surface area contributed by atoms with Gasteiger partial charge in [-0.05, 0) is 44.5 Å². The van der Waals surface area contributed by atoms with Crippen molar-refractivity contribution in [2.75, 3.05) is 17.2 Å². The number of nitrogens with two attached hydrogens (primary N) is 1. The van der Waals surface area contributed by atoms with Crippen LogP contribution in [0.1, 0.15) is 29.4 Å². The molecule has 4 heteroatoms. The Morgan fingerprint density at radius 3 is 2.48 bits per heavy atom. The van der Waals surface area contributed by atoms with Gasteiger partial charge in [-0.3, -0.25) is 4.98 Å². The Balaban J connectivity index is 2.38. The Kier molecular flexibility index (Phi) is 4.44. The third-order valence-electron chi connectivity index (χ3n) is 3.49. The number of hydrogen-bond donors (Lipinski definition) is 1. The van der Waals surface area contributed by atoms with E-state index in [4.69, 9.17) is 5.73 Å². The first-order valence-corrected chi connectivity index (χ1v) is 7.02. The number of aryl methyl sites for hydroxylation is 2. The lowest BCUT2D eigenvalue weighted by molar-refractivity contribution is 0.825. The van der Waals surface area contributed by atoms with E-state index in [1.807, 2.05) is 44.2 Å². The molecule has 0 aliphatic carbocycles. The summed E-state index contributed by atoms with van der Waals surface area (Å²) in [6.45, 7) is 7.49. The summed E-state index contributed by atoms with van der Waals surface area (Å²) in [4.78, 5) is 6.56. The first kappa shape index (κ1) is 14.9. The zero-order valence-corrected chi connectivity index (χ0v) is 12.7. The van der Waals surface area contributed by atoms with Gasteiger partial charge in [0, 0.05) is 24.5 Å². The van der Waals surface area contributed by atoms with Crippen molar-refractivity contribution in [3.63, 3.8) is 0 Å². The lowest BCUT2D eigenvalue weighted by Gasteiger charge is -2.25. The van der Waals surface area contributed by atoms with E-state index in [0.717, 1.165) is 35.9 Å². The van der Waals surface area contributed by atoms with Crippen molar-refractivity contribution in [3.8, 4) is 6.07 Å². The summed E-state index contributed by atoms with van der Waals surface area (Å²) in [7, 11) is 0. The highest BCUT2D eigenvalue weighted by Gasteiger charge is 2.14. The van der Waals surface area contributed by atoms with Gasteiger partial charge < -0.3 is 10.6 Å². The molecule has 0 aliphatic rings. The third kappa shape index (κ3) is 3.32. The van der Waals surface area contributed by atoms with Crippen LogP contribution in [0.4, 0.5) is 11.4 Å². The van der Waals surface area contributed by atoms with Gasteiger partial charge in [-0.2, -0.15) is 5.26 Å². The van der Waals surface area contributed by atoms with Crippen LogP contribution in [0.25, 0.3) is 0 Å². The molecule has 1 aromatic heterocycles. The van der Waals surface area contributed by atoms with Gasteiger partial charge in [-0.25, -0.2) is 0 Å². The van der Waals surface area contributed by atoms with Crippen LogP contribution in [-0.4, -0.2) is 11.5 Å². The maximum Gasteiger partial charge on any atom is 0.103 e. The van der Waals surface area contributed by atoms with Gasteiger partial charge in [0.15, 0.2) is 0 Å². The number of anilines is 2. The molecule has 0 saturated carbocycles. The summed E-state index contributed by atoms with van der Waals surface area (Å²) in [6, 6.07) is 12.1. The van der Waals surface area contributed by atoms with Crippen LogP contribution in [0.2, 0.25) is 0 Å². The Hall–Kier alpha value is -2.54. The molecule has 0 unspecified atom stereocenters. The highest BCUT2D eigenvalue weighted by molar-refractivity contribution is 5.61. The van der Waals surface area contributed by atoms with E-state index in [2.05, 4.69) is 22.9 Å². The highest BCUT2D eigenvalue weighted by atomic mass is 15.1. The molecule has 0 atom stereocenters. The number of nitrogen functional groups attached to an aromatic ring is 1. The van der Waals surface area contributed by atoms with Gasteiger partial charge in [0.25, 0.3) is 0 Å². The maximum atomic E-state index is 9.40. The quantitative estimate of drug-likeness (QED) is 0.873. The monoisotopic (exact) mass is 280 g/mol. The van der Waals surface area contributed by atoms with Crippen molar-refractivity contribution in [3.05, 3.63) is 52.8 Å². The molecule has 2 aromatic rings. The van der Waals surface area contributed by atoms with Crippen molar-refractivity contribution in [1.29, 1.82) is 5.26 Å². The van der Waals surface area contributed by atoms with Crippen LogP contribution in [0, 0.1) is 25.2 Å². The number of rotatable bonds is 4. The first-order valence-electron chi connectivity index (χ1n) is 7.02. The van der Waals surface area contributed by atoms with E-state index in [1.54, 1.807) is 0 Å². The molecule has 2 N–H and O–H groups in total. The number of hydrogen-bond acceptors (Lipinski definition) is 4. The summed E-state index contributed by atoms with van der Waals surface area (Å²) in [5, 5.41) is 9.40. The van der Waals surface area contributed by atoms with Gasteiger partial charge in [0.1, 0.15) is 6.07 Å². The minimum atomic E-state index is 0.651. The highest BCUT2D eigenvalue weighted by Crippen LogP contribution is 2.25. The molecule has 0 spiro atoms. The molecule has 1 aromatic carbocycles. The number of pyridine rings is 1. The molecule has 0 aliphatic heterocycles. The van der Waals surface area contributed by atoms with Gasteiger partial charge >= 0.3 is 0 Å². The zero-order valence-electron chi connectivity index (χ0n) is 12.7. The van der Waals surface area contributed by atoms with Gasteiger partial charge in [-0.1, -0.05) is 12.1 Å². The van der Waals surface area contributed by atoms with Crippen LogP contribution in [0.3, 0.4) is 0 Å². The van der Waals surface area contributed by atoms with Crippen molar-refractivity contribution >= 4 is 11.4 Å². The molecule has 0 radical (unpaired) electrons. The third-order valence-corrected chi connectivity index (χ3v) is 3.49. The number of benzene rings is 1. The summed E-state index contributed by atoms with van der Waals surface area (Å²) < 4.78 is 0. The fourth-order valence-corrected chi connectivity index (χ4v) is 2.41. The summed E-state index contributed by atoms with van der Waals surface area (Å²) in [5.41, 5.74) is 11.0. The van der Waals surface area contributed by atoms with E-state index in [-0.39, 0.29) is 0 Å². The molecular formula is C17H20N4. The molecular weight excluding hydrogens is 260 g/mol. The summed E-state index contributed by atoms with van der Waals surface area (Å²) >= 11 is 0. The lowest BCUT2D eigenvalue weighted by atomic mass is 10.1. The average molecular weight is 280 g/mol. The van der Waals surface area contributed by atoms with Crippen LogP contribution in [-0.2, 0) is 6.54 Å². The fraction of sp³-hybridized carbons (Fsp3) is 0.294. The van der Waals surface area contributed by atoms with Crippen molar-refractivity contribution < 1.29 is 0 Å². The molecule has 21 heavy (non-hydrogen) atoms. The van der Waals surface area contributed by atoms with Crippen molar-refractivity contribution in [2.24, 2.45) is 0 Å². The first-order chi connectivity index (χ1) is 10.0. The molecule has 108 valence electrons. The largest absolute Gasteiger partial charge is 0.399 e. The van der Waals surface area contributed by atoms with Crippen LogP contribution < -0.4 is 10.6 Å². The number of aromatic nitrogens is 1. The zero-order chi connectivity index (χ0) is 15.4. The number of nitriles is 1. The van der Waals surface area contributed by atoms with Crippen LogP contribution in [0.5, 0.6) is 0 Å². The number of nitrogens with zero attached hydrogens (tertiary/aromatic N) is 3. The molecule has 0 amide bonds.